The van der Waals surface area contributed by atoms with E-state index in [0.717, 1.165) is 5.56 Å². The summed E-state index contributed by atoms with van der Waals surface area (Å²) in [5, 5.41) is 11.0. The molecule has 6 rings (SSSR count). The third-order valence-electron chi connectivity index (χ3n) is 9.02. The van der Waals surface area contributed by atoms with Gasteiger partial charge in [-0.05, 0) is 36.5 Å². The van der Waals surface area contributed by atoms with E-state index in [1.807, 2.05) is 44.2 Å². The standard InChI is InChI=1S/C36H40N8O6S/c1-22(2)30-34-41-28(21-51-34)32(47)39-26(18-23-6-4-3-5-7-23)33-40-27(20-50-33)31(46)38-14-17-44(19-29(45)42-30)36(49)25-10-15-43(16-11-25)35(48)24-8-12-37-13-9-24/h3-9,12-13,20-22,25-26,30H,10-11,14-19H2,1-2H3,(H,38,46)(H,39,47)(H,42,45)/t26-,30-/m0/s1. The molecule has 5 heterocycles. The third-order valence-corrected chi connectivity index (χ3v) is 9.94. The first-order chi connectivity index (χ1) is 24.7. The zero-order valence-corrected chi connectivity index (χ0v) is 29.2. The molecular weight excluding hydrogens is 673 g/mol. The molecule has 15 heteroatoms. The van der Waals surface area contributed by atoms with Gasteiger partial charge >= 0.3 is 0 Å². The SMILES string of the molecule is CC(C)[C@@H]1NC(=O)CN(C(=O)C2CCN(C(=O)c3ccncc3)CC2)CCNC(=O)c2coc(n2)[C@H](Cc2ccccc2)NC(=O)c2csc1n2. The molecule has 1 fully saturated rings. The molecule has 0 aliphatic carbocycles. The number of carbonyl (C=O) groups is 5. The Kier molecular flexibility index (Phi) is 11.1. The van der Waals surface area contributed by atoms with Crippen LogP contribution in [0.1, 0.15) is 86.6 Å². The van der Waals surface area contributed by atoms with Crippen molar-refractivity contribution in [1.29, 1.82) is 0 Å². The van der Waals surface area contributed by atoms with Crippen LogP contribution in [-0.2, 0) is 16.0 Å². The molecule has 3 aromatic heterocycles. The van der Waals surface area contributed by atoms with Crippen LogP contribution in [0.15, 0.2) is 70.9 Å². The van der Waals surface area contributed by atoms with Crippen molar-refractivity contribution < 1.29 is 28.4 Å². The van der Waals surface area contributed by atoms with E-state index in [0.29, 0.717) is 42.9 Å². The molecule has 51 heavy (non-hydrogen) atoms. The molecule has 0 unspecified atom stereocenters. The Hall–Kier alpha value is -5.44. The van der Waals surface area contributed by atoms with E-state index in [1.54, 1.807) is 34.8 Å². The van der Waals surface area contributed by atoms with Crippen LogP contribution in [0.4, 0.5) is 0 Å². The predicted octanol–water partition coefficient (Wildman–Crippen LogP) is 3.18. The molecule has 1 aromatic carbocycles. The van der Waals surface area contributed by atoms with Crippen molar-refractivity contribution >= 4 is 40.9 Å². The van der Waals surface area contributed by atoms with Crippen LogP contribution in [0, 0.1) is 11.8 Å². The topological polar surface area (TPSA) is 180 Å². The molecule has 4 bridgehead atoms. The van der Waals surface area contributed by atoms with Crippen LogP contribution >= 0.6 is 11.3 Å². The van der Waals surface area contributed by atoms with Crippen LogP contribution in [0.5, 0.6) is 0 Å². The summed E-state index contributed by atoms with van der Waals surface area (Å²) in [6.07, 6.45) is 5.59. The highest BCUT2D eigenvalue weighted by Gasteiger charge is 2.33. The number of nitrogens with one attached hydrogen (secondary N) is 3. The average Bonchev–Trinajstić information content (AvgIpc) is 3.84. The van der Waals surface area contributed by atoms with Gasteiger partial charge in [-0.3, -0.25) is 29.0 Å². The van der Waals surface area contributed by atoms with E-state index in [1.165, 1.54) is 22.5 Å². The number of piperidine rings is 1. The molecular formula is C36H40N8O6S. The molecule has 5 amide bonds. The Labute approximate surface area is 299 Å². The lowest BCUT2D eigenvalue weighted by Crippen LogP contribution is -2.49. The van der Waals surface area contributed by atoms with Gasteiger partial charge in [-0.2, -0.15) is 0 Å². The highest BCUT2D eigenvalue weighted by molar-refractivity contribution is 7.09. The van der Waals surface area contributed by atoms with Gasteiger partial charge in [0, 0.05) is 61.9 Å². The molecule has 266 valence electrons. The second-order valence-electron chi connectivity index (χ2n) is 13.0. The van der Waals surface area contributed by atoms with Crippen molar-refractivity contribution in [2.75, 3.05) is 32.7 Å². The van der Waals surface area contributed by atoms with Crippen molar-refractivity contribution in [2.45, 2.75) is 45.2 Å². The van der Waals surface area contributed by atoms with Crippen LogP contribution in [-0.4, -0.2) is 87.0 Å². The Balaban J connectivity index is 1.22. The molecule has 2 aliphatic heterocycles. The second-order valence-corrected chi connectivity index (χ2v) is 13.9. The molecule has 2 aliphatic rings. The lowest BCUT2D eigenvalue weighted by molar-refractivity contribution is -0.140. The van der Waals surface area contributed by atoms with Gasteiger partial charge in [0.2, 0.25) is 17.7 Å². The maximum Gasteiger partial charge on any atom is 0.273 e. The Morgan fingerprint density at radius 3 is 2.39 bits per heavy atom. The fourth-order valence-electron chi connectivity index (χ4n) is 6.20. The first-order valence-electron chi connectivity index (χ1n) is 17.0. The molecule has 3 N–H and O–H groups in total. The average molecular weight is 713 g/mol. The molecule has 0 spiro atoms. The van der Waals surface area contributed by atoms with Crippen LogP contribution in [0.3, 0.4) is 0 Å². The number of amides is 5. The minimum absolute atomic E-state index is 0.0102. The van der Waals surface area contributed by atoms with Crippen molar-refractivity contribution in [1.82, 2.24) is 40.7 Å². The first kappa shape index (κ1) is 35.4. The van der Waals surface area contributed by atoms with Crippen LogP contribution < -0.4 is 16.0 Å². The number of carbonyl (C=O) groups excluding carboxylic acids is 5. The molecule has 2 atom stereocenters. The van der Waals surface area contributed by atoms with Gasteiger partial charge < -0.3 is 30.2 Å². The highest BCUT2D eigenvalue weighted by atomic mass is 32.1. The maximum absolute atomic E-state index is 13.9. The number of rotatable bonds is 5. The van der Waals surface area contributed by atoms with Gasteiger partial charge in [0.25, 0.3) is 17.7 Å². The summed E-state index contributed by atoms with van der Waals surface area (Å²) in [5.74, 6) is -2.06. The van der Waals surface area contributed by atoms with E-state index in [9.17, 15) is 24.0 Å². The summed E-state index contributed by atoms with van der Waals surface area (Å²) in [6, 6.07) is 11.6. The quantitative estimate of drug-likeness (QED) is 0.280. The Bertz CT molecular complexity index is 1850. The van der Waals surface area contributed by atoms with E-state index in [4.69, 9.17) is 4.42 Å². The summed E-state index contributed by atoms with van der Waals surface area (Å²) in [4.78, 5) is 83.3. The Morgan fingerprint density at radius 2 is 1.67 bits per heavy atom. The molecule has 0 radical (unpaired) electrons. The minimum Gasteiger partial charge on any atom is -0.446 e. The summed E-state index contributed by atoms with van der Waals surface area (Å²) in [6.45, 7) is 4.53. The van der Waals surface area contributed by atoms with Gasteiger partial charge in [-0.15, -0.1) is 11.3 Å². The maximum atomic E-state index is 13.9. The van der Waals surface area contributed by atoms with Crippen molar-refractivity contribution in [2.24, 2.45) is 11.8 Å². The zero-order chi connectivity index (χ0) is 35.9. The predicted molar refractivity (Wildman–Crippen MR) is 186 cm³/mol. The van der Waals surface area contributed by atoms with E-state index in [-0.39, 0.29) is 54.6 Å². The van der Waals surface area contributed by atoms with Gasteiger partial charge in [-0.1, -0.05) is 44.2 Å². The number of thiazole rings is 1. The largest absolute Gasteiger partial charge is 0.446 e. The smallest absolute Gasteiger partial charge is 0.273 e. The fourth-order valence-corrected chi connectivity index (χ4v) is 7.22. The number of hydrogen-bond acceptors (Lipinski definition) is 10. The van der Waals surface area contributed by atoms with E-state index < -0.39 is 35.7 Å². The number of nitrogens with zero attached hydrogens (tertiary/aromatic N) is 5. The minimum atomic E-state index is -0.703. The van der Waals surface area contributed by atoms with Crippen LogP contribution in [0.2, 0.25) is 0 Å². The molecule has 4 aromatic rings. The van der Waals surface area contributed by atoms with Gasteiger partial charge in [0.05, 0.1) is 12.6 Å². The number of hydrogen-bond donors (Lipinski definition) is 3. The summed E-state index contributed by atoms with van der Waals surface area (Å²) >= 11 is 1.26. The number of oxazole rings is 1. The van der Waals surface area contributed by atoms with Crippen molar-refractivity contribution in [3.05, 3.63) is 99.9 Å². The molecule has 0 saturated carbocycles. The van der Waals surface area contributed by atoms with E-state index in [2.05, 4.69) is 30.9 Å². The van der Waals surface area contributed by atoms with Crippen molar-refractivity contribution in [3.63, 3.8) is 0 Å². The van der Waals surface area contributed by atoms with E-state index >= 15 is 0 Å². The number of fused-ring (bicyclic) bond motifs is 4. The first-order valence-corrected chi connectivity index (χ1v) is 17.9. The van der Waals surface area contributed by atoms with Crippen molar-refractivity contribution in [3.8, 4) is 0 Å². The summed E-state index contributed by atoms with van der Waals surface area (Å²) in [5.41, 5.74) is 1.64. The highest BCUT2D eigenvalue weighted by Crippen LogP contribution is 2.27. The monoisotopic (exact) mass is 712 g/mol. The second kappa shape index (κ2) is 16.1. The van der Waals surface area contributed by atoms with Gasteiger partial charge in [0.1, 0.15) is 23.0 Å². The zero-order valence-electron chi connectivity index (χ0n) is 28.4. The summed E-state index contributed by atoms with van der Waals surface area (Å²) < 4.78 is 5.72. The third kappa shape index (κ3) is 8.66. The molecule has 14 nitrogen and oxygen atoms in total. The number of aromatic nitrogens is 3. The number of likely N-dealkylation sites (tertiary alicyclic amines) is 1. The van der Waals surface area contributed by atoms with Crippen LogP contribution in [0.25, 0.3) is 0 Å². The fraction of sp³-hybridized carbons (Fsp3) is 0.389. The lowest BCUT2D eigenvalue weighted by Gasteiger charge is -2.34. The normalized spacial score (nSPS) is 19.5. The van der Waals surface area contributed by atoms with Gasteiger partial charge in [-0.25, -0.2) is 9.97 Å². The lowest BCUT2D eigenvalue weighted by atomic mass is 9.94. The summed E-state index contributed by atoms with van der Waals surface area (Å²) in [7, 11) is 0. The number of benzene rings is 1. The van der Waals surface area contributed by atoms with Gasteiger partial charge in [0.15, 0.2) is 5.69 Å². The number of pyridine rings is 1. The Morgan fingerprint density at radius 1 is 0.922 bits per heavy atom. The molecule has 1 saturated heterocycles.